The van der Waals surface area contributed by atoms with Gasteiger partial charge in [-0.2, -0.15) is 0 Å². The molecule has 1 saturated heterocycles. The fourth-order valence-electron chi connectivity index (χ4n) is 3.16. The van der Waals surface area contributed by atoms with Crippen LogP contribution in [-0.4, -0.2) is 63.9 Å². The van der Waals surface area contributed by atoms with Crippen LogP contribution in [0.3, 0.4) is 0 Å². The van der Waals surface area contributed by atoms with Gasteiger partial charge in [0, 0.05) is 31.7 Å². The van der Waals surface area contributed by atoms with Crippen molar-refractivity contribution in [1.29, 1.82) is 0 Å². The molecule has 0 spiro atoms. The van der Waals surface area contributed by atoms with Crippen molar-refractivity contribution >= 4 is 17.8 Å². The number of carboxylic acids is 1. The first kappa shape index (κ1) is 18.6. The van der Waals surface area contributed by atoms with Gasteiger partial charge in [0.2, 0.25) is 0 Å². The van der Waals surface area contributed by atoms with Gasteiger partial charge < -0.3 is 14.9 Å². The molecule has 0 atom stereocenters. The second-order valence-electron chi connectivity index (χ2n) is 6.44. The summed E-state index contributed by atoms with van der Waals surface area (Å²) in [6.07, 6.45) is 0.677. The maximum atomic E-state index is 12.7. The van der Waals surface area contributed by atoms with E-state index in [9.17, 15) is 14.4 Å². The number of benzene rings is 1. The molecule has 3 rings (SSSR count). The monoisotopic (exact) mass is 367 g/mol. The van der Waals surface area contributed by atoms with Crippen LogP contribution in [0.2, 0.25) is 0 Å². The lowest BCUT2D eigenvalue weighted by molar-refractivity contribution is 0.0692. The Bertz CT molecular complexity index is 867. The maximum Gasteiger partial charge on any atom is 0.337 e. The van der Waals surface area contributed by atoms with Crippen LogP contribution in [0.1, 0.15) is 43.3 Å². The highest BCUT2D eigenvalue weighted by Gasteiger charge is 2.24. The van der Waals surface area contributed by atoms with Gasteiger partial charge in [-0.05, 0) is 37.6 Å². The van der Waals surface area contributed by atoms with Crippen molar-refractivity contribution in [1.82, 2.24) is 14.8 Å². The van der Waals surface area contributed by atoms with Crippen LogP contribution in [0.15, 0.2) is 42.5 Å². The van der Waals surface area contributed by atoms with E-state index in [0.717, 1.165) is 0 Å². The molecule has 0 radical (unpaired) electrons. The minimum atomic E-state index is -1.07. The Morgan fingerprint density at radius 2 is 1.52 bits per heavy atom. The minimum absolute atomic E-state index is 0.0373. The molecule has 0 saturated carbocycles. The molecule has 7 nitrogen and oxygen atoms in total. The number of amides is 2. The van der Waals surface area contributed by atoms with Crippen LogP contribution in [0.5, 0.6) is 0 Å². The molecule has 1 aliphatic rings. The molecule has 1 aliphatic heterocycles. The van der Waals surface area contributed by atoms with Gasteiger partial charge in [-0.1, -0.05) is 18.2 Å². The first-order valence-corrected chi connectivity index (χ1v) is 8.82. The van der Waals surface area contributed by atoms with Crippen molar-refractivity contribution in [2.75, 3.05) is 26.2 Å². The summed E-state index contributed by atoms with van der Waals surface area (Å²) in [4.78, 5) is 44.0. The molecule has 1 fully saturated rings. The van der Waals surface area contributed by atoms with Gasteiger partial charge in [0.1, 0.15) is 5.69 Å². The lowest BCUT2D eigenvalue weighted by Crippen LogP contribution is -2.37. The number of carboxylic acid groups (broad SMARTS) is 1. The van der Waals surface area contributed by atoms with Crippen molar-refractivity contribution in [3.63, 3.8) is 0 Å². The van der Waals surface area contributed by atoms with Gasteiger partial charge in [-0.15, -0.1) is 0 Å². The quantitative estimate of drug-likeness (QED) is 0.897. The number of aromatic carboxylic acids is 1. The molecule has 2 aromatic rings. The molecule has 2 amide bonds. The number of aryl methyl sites for hydroxylation is 1. The van der Waals surface area contributed by atoms with E-state index in [2.05, 4.69) is 4.98 Å². The van der Waals surface area contributed by atoms with E-state index >= 15 is 0 Å². The van der Waals surface area contributed by atoms with Crippen molar-refractivity contribution in [2.24, 2.45) is 0 Å². The molecule has 0 bridgehead atoms. The van der Waals surface area contributed by atoms with Crippen LogP contribution in [0.4, 0.5) is 0 Å². The highest BCUT2D eigenvalue weighted by molar-refractivity contribution is 5.95. The SMILES string of the molecule is Cc1nc(C(=O)N2CCCN(C(=O)c3ccccc3)CC2)ccc1C(=O)O. The molecule has 2 heterocycles. The number of aromatic nitrogens is 1. The standard InChI is InChI=1S/C20H21N3O4/c1-14-16(20(26)27)8-9-17(21-14)19(25)23-11-5-10-22(12-13-23)18(24)15-6-3-2-4-7-15/h2-4,6-9H,5,10-13H2,1H3,(H,26,27). The lowest BCUT2D eigenvalue weighted by Gasteiger charge is -2.22. The number of pyridine rings is 1. The Hall–Kier alpha value is -3.22. The van der Waals surface area contributed by atoms with Gasteiger partial charge >= 0.3 is 5.97 Å². The van der Waals surface area contributed by atoms with Crippen LogP contribution >= 0.6 is 0 Å². The molecule has 7 heteroatoms. The third-order valence-corrected chi connectivity index (χ3v) is 4.63. The van der Waals surface area contributed by atoms with Crippen molar-refractivity contribution in [2.45, 2.75) is 13.3 Å². The zero-order chi connectivity index (χ0) is 19.4. The van der Waals surface area contributed by atoms with Gasteiger partial charge in [-0.3, -0.25) is 9.59 Å². The summed E-state index contributed by atoms with van der Waals surface area (Å²) < 4.78 is 0. The van der Waals surface area contributed by atoms with Crippen LogP contribution < -0.4 is 0 Å². The normalized spacial score (nSPS) is 14.6. The predicted octanol–water partition coefficient (Wildman–Crippen LogP) is 2.08. The van der Waals surface area contributed by atoms with Crippen LogP contribution in [0.25, 0.3) is 0 Å². The maximum absolute atomic E-state index is 12.7. The smallest absolute Gasteiger partial charge is 0.337 e. The third-order valence-electron chi connectivity index (χ3n) is 4.63. The molecule has 1 N–H and O–H groups in total. The van der Waals surface area contributed by atoms with E-state index in [0.29, 0.717) is 43.9 Å². The first-order valence-electron chi connectivity index (χ1n) is 8.82. The molecule has 1 aromatic heterocycles. The average molecular weight is 367 g/mol. The number of hydrogen-bond acceptors (Lipinski definition) is 4. The fraction of sp³-hybridized carbons (Fsp3) is 0.300. The van der Waals surface area contributed by atoms with Gasteiger partial charge in [0.25, 0.3) is 11.8 Å². The summed E-state index contributed by atoms with van der Waals surface area (Å²) >= 11 is 0. The second-order valence-corrected chi connectivity index (χ2v) is 6.44. The highest BCUT2D eigenvalue weighted by atomic mass is 16.4. The summed E-state index contributed by atoms with van der Waals surface area (Å²) in [6, 6.07) is 11.9. The summed E-state index contributed by atoms with van der Waals surface area (Å²) in [7, 11) is 0. The average Bonchev–Trinajstić information content (AvgIpc) is 2.93. The number of rotatable bonds is 3. The Balaban J connectivity index is 1.69. The fourth-order valence-corrected chi connectivity index (χ4v) is 3.16. The van der Waals surface area contributed by atoms with Gasteiger partial charge in [0.15, 0.2) is 0 Å². The van der Waals surface area contributed by atoms with E-state index in [4.69, 9.17) is 5.11 Å². The van der Waals surface area contributed by atoms with Crippen LogP contribution in [0, 0.1) is 6.92 Å². The molecule has 140 valence electrons. The molecule has 1 aromatic carbocycles. The zero-order valence-corrected chi connectivity index (χ0v) is 15.1. The van der Waals surface area contributed by atoms with E-state index in [1.54, 1.807) is 28.9 Å². The first-order chi connectivity index (χ1) is 13.0. The Morgan fingerprint density at radius 1 is 0.889 bits per heavy atom. The Morgan fingerprint density at radius 3 is 2.11 bits per heavy atom. The lowest BCUT2D eigenvalue weighted by atomic mass is 10.2. The van der Waals surface area contributed by atoms with Crippen LogP contribution in [-0.2, 0) is 0 Å². The topological polar surface area (TPSA) is 90.8 Å². The largest absolute Gasteiger partial charge is 0.478 e. The molecule has 27 heavy (non-hydrogen) atoms. The van der Waals surface area contributed by atoms with E-state index in [-0.39, 0.29) is 23.1 Å². The van der Waals surface area contributed by atoms with E-state index in [1.807, 2.05) is 18.2 Å². The highest BCUT2D eigenvalue weighted by Crippen LogP contribution is 2.13. The van der Waals surface area contributed by atoms with Crippen molar-refractivity contribution < 1.29 is 19.5 Å². The van der Waals surface area contributed by atoms with E-state index in [1.165, 1.54) is 12.1 Å². The number of hydrogen-bond donors (Lipinski definition) is 1. The molecular formula is C20H21N3O4. The molecule has 0 unspecified atom stereocenters. The Labute approximate surface area is 157 Å². The minimum Gasteiger partial charge on any atom is -0.478 e. The number of nitrogens with zero attached hydrogens (tertiary/aromatic N) is 3. The Kier molecular flexibility index (Phi) is 5.49. The summed E-state index contributed by atoms with van der Waals surface area (Å²) in [6.45, 7) is 3.55. The predicted molar refractivity (Wildman–Crippen MR) is 98.8 cm³/mol. The summed E-state index contributed by atoms with van der Waals surface area (Å²) in [5, 5.41) is 9.08. The third kappa shape index (κ3) is 4.13. The number of carbonyl (C=O) groups excluding carboxylic acids is 2. The van der Waals surface area contributed by atoms with Crippen molar-refractivity contribution in [3.05, 3.63) is 65.0 Å². The molecular weight excluding hydrogens is 346 g/mol. The summed E-state index contributed by atoms with van der Waals surface area (Å²) in [5.41, 5.74) is 1.25. The number of carbonyl (C=O) groups is 3. The molecule has 0 aliphatic carbocycles. The second kappa shape index (κ2) is 7.99. The van der Waals surface area contributed by atoms with Crippen molar-refractivity contribution in [3.8, 4) is 0 Å². The van der Waals surface area contributed by atoms with E-state index < -0.39 is 5.97 Å². The van der Waals surface area contributed by atoms with Gasteiger partial charge in [-0.25, -0.2) is 9.78 Å². The van der Waals surface area contributed by atoms with Gasteiger partial charge in [0.05, 0.1) is 11.3 Å². The summed E-state index contributed by atoms with van der Waals surface area (Å²) in [5.74, 6) is -1.35. The zero-order valence-electron chi connectivity index (χ0n) is 15.1.